The Kier molecular flexibility index (Phi) is 2.72. The predicted octanol–water partition coefficient (Wildman–Crippen LogP) is 1.96. The van der Waals surface area contributed by atoms with Crippen LogP contribution in [0.25, 0.3) is 0 Å². The molecule has 2 rings (SSSR count). The van der Waals surface area contributed by atoms with Gasteiger partial charge in [-0.1, -0.05) is 23.1 Å². The van der Waals surface area contributed by atoms with E-state index in [0.29, 0.717) is 5.69 Å². The number of hydrogen-bond acceptors (Lipinski definition) is 6. The highest BCUT2D eigenvalue weighted by Gasteiger charge is 2.06. The number of nitrogens with zero attached hydrogens (tertiary/aromatic N) is 4. The number of nitriles is 1. The van der Waals surface area contributed by atoms with Crippen LogP contribution in [0.1, 0.15) is 5.69 Å². The van der Waals surface area contributed by atoms with E-state index in [1.165, 1.54) is 23.1 Å². The molecule has 0 fully saturated rings. The molecule has 0 atom stereocenters. The van der Waals surface area contributed by atoms with E-state index in [1.54, 1.807) is 17.8 Å². The maximum atomic E-state index is 8.79. The molecule has 0 N–H and O–H groups in total. The molecule has 4 nitrogen and oxygen atoms in total. The summed E-state index contributed by atoms with van der Waals surface area (Å²) in [7, 11) is 0. The first-order valence-electron chi connectivity index (χ1n) is 3.69. The van der Waals surface area contributed by atoms with Crippen molar-refractivity contribution in [1.82, 2.24) is 15.2 Å². The second kappa shape index (κ2) is 4.17. The highest BCUT2D eigenvalue weighted by Crippen LogP contribution is 2.29. The van der Waals surface area contributed by atoms with Gasteiger partial charge in [-0.25, -0.2) is 4.98 Å². The van der Waals surface area contributed by atoms with Gasteiger partial charge < -0.3 is 0 Å². The fourth-order valence-electron chi connectivity index (χ4n) is 0.858. The molecule has 0 unspecified atom stereocenters. The quantitative estimate of drug-likeness (QED) is 0.774. The molecule has 0 aliphatic carbocycles. The van der Waals surface area contributed by atoms with Crippen molar-refractivity contribution in [3.8, 4) is 6.07 Å². The summed E-state index contributed by atoms with van der Waals surface area (Å²) < 4.78 is 0.814. The Bertz CT molecular complexity index is 460. The molecule has 2 heterocycles. The Hall–Kier alpha value is -1.45. The molecule has 0 aliphatic rings. The third kappa shape index (κ3) is 1.89. The summed E-state index contributed by atoms with van der Waals surface area (Å²) in [4.78, 5) is 4.76. The summed E-state index contributed by atoms with van der Waals surface area (Å²) in [6.07, 6.45) is 1.60. The van der Waals surface area contributed by atoms with Gasteiger partial charge in [-0.05, 0) is 12.1 Å². The maximum absolute atomic E-state index is 8.79. The maximum Gasteiger partial charge on any atom is 0.178 e. The van der Waals surface area contributed by atoms with E-state index in [1.807, 2.05) is 12.1 Å². The Morgan fingerprint density at radius 2 is 2.43 bits per heavy atom. The molecule has 0 bridgehead atoms. The lowest BCUT2D eigenvalue weighted by atomic mass is 10.4. The van der Waals surface area contributed by atoms with Crippen molar-refractivity contribution >= 4 is 23.1 Å². The fraction of sp³-hybridized carbons (Fsp3) is 0. The molecule has 0 amide bonds. The first-order valence-corrected chi connectivity index (χ1v) is 5.39. The van der Waals surface area contributed by atoms with E-state index in [4.69, 9.17) is 5.26 Å². The van der Waals surface area contributed by atoms with Gasteiger partial charge in [-0.15, -0.1) is 10.2 Å². The van der Waals surface area contributed by atoms with E-state index in [9.17, 15) is 0 Å². The molecule has 14 heavy (non-hydrogen) atoms. The lowest BCUT2D eigenvalue weighted by Gasteiger charge is -1.97. The van der Waals surface area contributed by atoms with Crippen LogP contribution in [0.15, 0.2) is 33.1 Å². The Labute approximate surface area is 88.6 Å². The van der Waals surface area contributed by atoms with Gasteiger partial charge in [-0.3, -0.25) is 0 Å². The number of rotatable bonds is 2. The van der Waals surface area contributed by atoms with E-state index >= 15 is 0 Å². The number of aromatic nitrogens is 3. The molecule has 0 aliphatic heterocycles. The highest BCUT2D eigenvalue weighted by atomic mass is 32.2. The van der Waals surface area contributed by atoms with Crippen LogP contribution in [-0.4, -0.2) is 15.2 Å². The minimum absolute atomic E-state index is 0.424. The number of pyridine rings is 1. The van der Waals surface area contributed by atoms with Crippen LogP contribution in [0.3, 0.4) is 0 Å². The molecule has 0 radical (unpaired) electrons. The summed E-state index contributed by atoms with van der Waals surface area (Å²) in [6.45, 7) is 0. The van der Waals surface area contributed by atoms with Crippen molar-refractivity contribution in [2.24, 2.45) is 0 Å². The third-order valence-corrected chi connectivity index (χ3v) is 3.24. The third-order valence-electron chi connectivity index (χ3n) is 1.41. The van der Waals surface area contributed by atoms with E-state index in [-0.39, 0.29) is 0 Å². The summed E-state index contributed by atoms with van der Waals surface area (Å²) in [5.74, 6) is 0. The summed E-state index contributed by atoms with van der Waals surface area (Å²) in [5.41, 5.74) is 2.08. The Balaban J connectivity index is 2.30. The standard InChI is InChI=1S/C8H4N4S2/c9-4-6-7(2-1-3-10-6)14-8-12-11-5-13-8/h1-3,5H. The zero-order valence-electron chi connectivity index (χ0n) is 6.91. The van der Waals surface area contributed by atoms with Gasteiger partial charge >= 0.3 is 0 Å². The molecule has 0 saturated carbocycles. The van der Waals surface area contributed by atoms with Gasteiger partial charge in [0, 0.05) is 6.20 Å². The van der Waals surface area contributed by atoms with Crippen LogP contribution < -0.4 is 0 Å². The van der Waals surface area contributed by atoms with Crippen LogP contribution >= 0.6 is 23.1 Å². The largest absolute Gasteiger partial charge is 0.244 e. The van der Waals surface area contributed by atoms with Crippen molar-refractivity contribution in [1.29, 1.82) is 5.26 Å². The van der Waals surface area contributed by atoms with Crippen molar-refractivity contribution in [2.75, 3.05) is 0 Å². The topological polar surface area (TPSA) is 62.5 Å². The van der Waals surface area contributed by atoms with Gasteiger partial charge in [-0.2, -0.15) is 5.26 Å². The van der Waals surface area contributed by atoms with Crippen molar-refractivity contribution in [3.05, 3.63) is 29.5 Å². The molecule has 6 heteroatoms. The lowest BCUT2D eigenvalue weighted by molar-refractivity contribution is 1.01. The van der Waals surface area contributed by atoms with E-state index in [2.05, 4.69) is 15.2 Å². The second-order valence-corrected chi connectivity index (χ2v) is 4.39. The SMILES string of the molecule is N#Cc1ncccc1Sc1nncs1. The number of hydrogen-bond donors (Lipinski definition) is 0. The lowest BCUT2D eigenvalue weighted by Crippen LogP contribution is -1.84. The molecule has 2 aromatic heterocycles. The smallest absolute Gasteiger partial charge is 0.178 e. The zero-order valence-corrected chi connectivity index (χ0v) is 8.55. The van der Waals surface area contributed by atoms with Crippen LogP contribution in [0.5, 0.6) is 0 Å². The van der Waals surface area contributed by atoms with Crippen LogP contribution in [0.4, 0.5) is 0 Å². The zero-order chi connectivity index (χ0) is 9.80. The highest BCUT2D eigenvalue weighted by molar-refractivity contribution is 8.01. The van der Waals surface area contributed by atoms with Crippen molar-refractivity contribution in [3.63, 3.8) is 0 Å². The van der Waals surface area contributed by atoms with Gasteiger partial charge in [0.2, 0.25) is 0 Å². The second-order valence-electron chi connectivity index (χ2n) is 2.27. The average Bonchev–Trinajstić information content (AvgIpc) is 2.71. The minimum Gasteiger partial charge on any atom is -0.244 e. The van der Waals surface area contributed by atoms with Crippen LogP contribution in [0, 0.1) is 11.3 Å². The fourth-order valence-corrected chi connectivity index (χ4v) is 2.35. The average molecular weight is 220 g/mol. The van der Waals surface area contributed by atoms with Gasteiger partial charge in [0.15, 0.2) is 10.0 Å². The summed E-state index contributed by atoms with van der Waals surface area (Å²) in [5, 5.41) is 16.4. The van der Waals surface area contributed by atoms with E-state index in [0.717, 1.165) is 9.24 Å². The normalized spacial score (nSPS) is 9.64. The van der Waals surface area contributed by atoms with Crippen LogP contribution in [-0.2, 0) is 0 Å². The van der Waals surface area contributed by atoms with Gasteiger partial charge in [0.05, 0.1) is 4.90 Å². The molecule has 0 spiro atoms. The van der Waals surface area contributed by atoms with Crippen molar-refractivity contribution < 1.29 is 0 Å². The Morgan fingerprint density at radius 1 is 1.50 bits per heavy atom. The van der Waals surface area contributed by atoms with Gasteiger partial charge in [0.25, 0.3) is 0 Å². The molecule has 2 aromatic rings. The molecule has 68 valence electrons. The van der Waals surface area contributed by atoms with Gasteiger partial charge in [0.1, 0.15) is 11.6 Å². The molecular weight excluding hydrogens is 216 g/mol. The minimum atomic E-state index is 0.424. The van der Waals surface area contributed by atoms with Crippen LogP contribution in [0.2, 0.25) is 0 Å². The first-order chi connectivity index (χ1) is 6.90. The summed E-state index contributed by atoms with van der Waals surface area (Å²) >= 11 is 2.85. The van der Waals surface area contributed by atoms with E-state index < -0.39 is 0 Å². The van der Waals surface area contributed by atoms with Crippen molar-refractivity contribution in [2.45, 2.75) is 9.24 Å². The Morgan fingerprint density at radius 3 is 3.14 bits per heavy atom. The first kappa shape index (κ1) is 9.12. The summed E-state index contributed by atoms with van der Waals surface area (Å²) in [6, 6.07) is 5.67. The molecular formula is C8H4N4S2. The molecule has 0 saturated heterocycles. The predicted molar refractivity (Wildman–Crippen MR) is 53.0 cm³/mol. The monoisotopic (exact) mass is 220 g/mol. The molecule has 0 aromatic carbocycles.